The molecule has 1 fully saturated rings. The fraction of sp³-hybridized carbons (Fsp3) is 0.370. The van der Waals surface area contributed by atoms with Crippen LogP contribution in [0.2, 0.25) is 0 Å². The summed E-state index contributed by atoms with van der Waals surface area (Å²) in [6, 6.07) is 12.9. The number of aryl methyl sites for hydroxylation is 2. The number of anilines is 2. The van der Waals surface area contributed by atoms with Crippen molar-refractivity contribution in [1.29, 1.82) is 0 Å². The predicted molar refractivity (Wildman–Crippen MR) is 136 cm³/mol. The van der Waals surface area contributed by atoms with Crippen molar-refractivity contribution in [2.75, 3.05) is 31.7 Å². The molecule has 0 aliphatic carbocycles. The molecule has 4 heterocycles. The minimum Gasteiger partial charge on any atom is -0.381 e. The fourth-order valence-corrected chi connectivity index (χ4v) is 5.38. The first kappa shape index (κ1) is 21.9. The number of nitrogens with zero attached hydrogens (tertiary/aromatic N) is 5. The maximum atomic E-state index is 12.5. The Morgan fingerprint density at radius 1 is 1.11 bits per heavy atom. The molecule has 2 aliphatic heterocycles. The molecule has 4 aromatic rings. The average Bonchev–Trinajstić information content (AvgIpc) is 3.51. The van der Waals surface area contributed by atoms with E-state index in [9.17, 15) is 4.79 Å². The van der Waals surface area contributed by atoms with Gasteiger partial charge in [-0.15, -0.1) is 0 Å². The van der Waals surface area contributed by atoms with Gasteiger partial charge in [0.15, 0.2) is 5.82 Å². The third-order valence-corrected chi connectivity index (χ3v) is 7.20. The van der Waals surface area contributed by atoms with E-state index in [1.54, 1.807) is 7.05 Å². The van der Waals surface area contributed by atoms with Crippen LogP contribution in [0.15, 0.2) is 48.8 Å². The molecule has 0 unspecified atom stereocenters. The van der Waals surface area contributed by atoms with Crippen LogP contribution in [0.1, 0.15) is 41.2 Å². The number of fused-ring (bicyclic) bond motifs is 2. The van der Waals surface area contributed by atoms with Crippen LogP contribution in [-0.4, -0.2) is 52.3 Å². The van der Waals surface area contributed by atoms with Crippen molar-refractivity contribution >= 4 is 28.3 Å². The summed E-state index contributed by atoms with van der Waals surface area (Å²) in [5.74, 6) is 0.837. The van der Waals surface area contributed by atoms with Gasteiger partial charge in [-0.25, -0.2) is 0 Å². The molecule has 2 aromatic carbocycles. The van der Waals surface area contributed by atoms with Crippen molar-refractivity contribution in [2.24, 2.45) is 7.05 Å². The first-order valence-corrected chi connectivity index (χ1v) is 12.3. The van der Waals surface area contributed by atoms with Crippen molar-refractivity contribution in [3.05, 3.63) is 59.9 Å². The third kappa shape index (κ3) is 3.87. The lowest BCUT2D eigenvalue weighted by Crippen LogP contribution is -2.26. The van der Waals surface area contributed by atoms with Gasteiger partial charge in [-0.2, -0.15) is 10.2 Å². The molecule has 1 amide bonds. The Hall–Kier alpha value is -3.65. The Balaban J connectivity index is 1.47. The van der Waals surface area contributed by atoms with Gasteiger partial charge in [0, 0.05) is 62.3 Å². The molecule has 0 saturated carbocycles. The van der Waals surface area contributed by atoms with Crippen LogP contribution in [0.25, 0.3) is 22.0 Å². The zero-order valence-electron chi connectivity index (χ0n) is 20.2. The summed E-state index contributed by atoms with van der Waals surface area (Å²) in [5, 5.41) is 13.3. The van der Waals surface area contributed by atoms with Gasteiger partial charge < -0.3 is 15.0 Å². The number of nitrogens with one attached hydrogen (secondary N) is 1. The molecule has 35 heavy (non-hydrogen) atoms. The van der Waals surface area contributed by atoms with E-state index in [4.69, 9.17) is 9.84 Å². The van der Waals surface area contributed by atoms with Gasteiger partial charge >= 0.3 is 0 Å². The molecule has 1 saturated heterocycles. The van der Waals surface area contributed by atoms with Crippen LogP contribution in [0.5, 0.6) is 0 Å². The standard InChI is InChI=1S/C27H30N6O2/c1-28-27(34)20-6-8-25-23(15-20)26(30-33(25)22-9-12-35-13-10-22)32-11-3-4-19-14-18(5-7-24(19)32)21-16-29-31(2)17-21/h5-8,14-17,22H,3-4,9-13H2,1-2H3,(H,28,34). The molecule has 1 N–H and O–H groups in total. The van der Waals surface area contributed by atoms with Gasteiger partial charge in [-0.3, -0.25) is 14.2 Å². The summed E-state index contributed by atoms with van der Waals surface area (Å²) in [7, 11) is 3.61. The predicted octanol–water partition coefficient (Wildman–Crippen LogP) is 4.23. The number of hydrogen-bond donors (Lipinski definition) is 1. The summed E-state index contributed by atoms with van der Waals surface area (Å²) in [4.78, 5) is 14.8. The summed E-state index contributed by atoms with van der Waals surface area (Å²) in [5.41, 5.74) is 6.52. The van der Waals surface area contributed by atoms with Gasteiger partial charge in [0.1, 0.15) is 0 Å². The highest BCUT2D eigenvalue weighted by Crippen LogP contribution is 2.40. The highest BCUT2D eigenvalue weighted by molar-refractivity contribution is 6.01. The summed E-state index contributed by atoms with van der Waals surface area (Å²) in [6.45, 7) is 2.39. The summed E-state index contributed by atoms with van der Waals surface area (Å²) >= 11 is 0. The quantitative estimate of drug-likeness (QED) is 0.483. The van der Waals surface area contributed by atoms with Gasteiger partial charge in [-0.05, 0) is 67.1 Å². The molecule has 8 heteroatoms. The lowest BCUT2D eigenvalue weighted by atomic mass is 9.97. The van der Waals surface area contributed by atoms with Crippen LogP contribution >= 0.6 is 0 Å². The SMILES string of the molecule is CNC(=O)c1ccc2c(c1)c(N1CCCc3cc(-c4cnn(C)c4)ccc31)nn2C1CCOCC1. The van der Waals surface area contributed by atoms with Gasteiger partial charge in [0.2, 0.25) is 0 Å². The van der Waals surface area contributed by atoms with Crippen LogP contribution in [-0.2, 0) is 18.2 Å². The van der Waals surface area contributed by atoms with E-state index in [0.29, 0.717) is 11.6 Å². The Morgan fingerprint density at radius 3 is 2.74 bits per heavy atom. The lowest BCUT2D eigenvalue weighted by Gasteiger charge is -2.30. The van der Waals surface area contributed by atoms with Crippen LogP contribution in [0.4, 0.5) is 11.5 Å². The van der Waals surface area contributed by atoms with Crippen molar-refractivity contribution < 1.29 is 9.53 Å². The third-order valence-electron chi connectivity index (χ3n) is 7.20. The molecule has 0 spiro atoms. The topological polar surface area (TPSA) is 77.2 Å². The van der Waals surface area contributed by atoms with E-state index >= 15 is 0 Å². The van der Waals surface area contributed by atoms with Crippen LogP contribution < -0.4 is 10.2 Å². The molecule has 180 valence electrons. The number of carbonyl (C=O) groups is 1. The van der Waals surface area contributed by atoms with Gasteiger partial charge in [-0.1, -0.05) is 6.07 Å². The number of rotatable bonds is 4. The first-order valence-electron chi connectivity index (χ1n) is 12.3. The molecule has 2 aromatic heterocycles. The molecule has 8 nitrogen and oxygen atoms in total. The summed E-state index contributed by atoms with van der Waals surface area (Å²) in [6.07, 6.45) is 7.92. The normalized spacial score (nSPS) is 16.5. The number of hydrogen-bond acceptors (Lipinski definition) is 5. The zero-order valence-corrected chi connectivity index (χ0v) is 20.2. The van der Waals surface area contributed by atoms with E-state index in [-0.39, 0.29) is 5.91 Å². The van der Waals surface area contributed by atoms with Crippen molar-refractivity contribution in [3.8, 4) is 11.1 Å². The minimum absolute atomic E-state index is 0.0863. The second kappa shape index (κ2) is 8.85. The number of carbonyl (C=O) groups excluding carboxylic acids is 1. The average molecular weight is 471 g/mol. The monoisotopic (exact) mass is 470 g/mol. The Morgan fingerprint density at radius 2 is 1.97 bits per heavy atom. The number of ether oxygens (including phenoxy) is 1. The van der Waals surface area contributed by atoms with Crippen LogP contribution in [0, 0.1) is 0 Å². The Labute approximate surface area is 204 Å². The number of benzene rings is 2. The second-order valence-corrected chi connectivity index (χ2v) is 9.42. The number of amides is 1. The van der Waals surface area contributed by atoms with Crippen molar-refractivity contribution in [1.82, 2.24) is 24.9 Å². The molecular formula is C27H30N6O2. The van der Waals surface area contributed by atoms with E-state index in [0.717, 1.165) is 67.7 Å². The Kier molecular flexibility index (Phi) is 5.53. The molecular weight excluding hydrogens is 440 g/mol. The molecule has 6 rings (SSSR count). The van der Waals surface area contributed by atoms with Crippen LogP contribution in [0.3, 0.4) is 0 Å². The maximum Gasteiger partial charge on any atom is 0.251 e. The van der Waals surface area contributed by atoms with Crippen molar-refractivity contribution in [3.63, 3.8) is 0 Å². The van der Waals surface area contributed by atoms with E-state index in [1.165, 1.54) is 16.8 Å². The minimum atomic E-state index is -0.0863. The van der Waals surface area contributed by atoms with E-state index < -0.39 is 0 Å². The highest BCUT2D eigenvalue weighted by Gasteiger charge is 2.27. The van der Waals surface area contributed by atoms with E-state index in [1.807, 2.05) is 42.3 Å². The van der Waals surface area contributed by atoms with Gasteiger partial charge in [0.25, 0.3) is 5.91 Å². The second-order valence-electron chi connectivity index (χ2n) is 9.42. The molecule has 0 bridgehead atoms. The maximum absolute atomic E-state index is 12.5. The molecule has 2 aliphatic rings. The summed E-state index contributed by atoms with van der Waals surface area (Å²) < 4.78 is 9.61. The first-order chi connectivity index (χ1) is 17.1. The fourth-order valence-electron chi connectivity index (χ4n) is 5.38. The largest absolute Gasteiger partial charge is 0.381 e. The smallest absolute Gasteiger partial charge is 0.251 e. The zero-order chi connectivity index (χ0) is 23.9. The lowest BCUT2D eigenvalue weighted by molar-refractivity contribution is 0.0675. The molecule has 0 atom stereocenters. The van der Waals surface area contributed by atoms with E-state index in [2.05, 4.69) is 38.2 Å². The highest BCUT2D eigenvalue weighted by atomic mass is 16.5. The molecule has 0 radical (unpaired) electrons. The van der Waals surface area contributed by atoms with Gasteiger partial charge in [0.05, 0.1) is 17.8 Å². The van der Waals surface area contributed by atoms with Crippen molar-refractivity contribution in [2.45, 2.75) is 31.7 Å². The Bertz CT molecular complexity index is 1400. The number of aromatic nitrogens is 4.